The summed E-state index contributed by atoms with van der Waals surface area (Å²) >= 11 is 3.45. The predicted octanol–water partition coefficient (Wildman–Crippen LogP) is 2.24. The Bertz CT molecular complexity index is 455. The zero-order chi connectivity index (χ0) is 12.5. The van der Waals surface area contributed by atoms with Crippen LogP contribution in [0.25, 0.3) is 0 Å². The molecular weight excluding hydrogens is 290 g/mol. The van der Waals surface area contributed by atoms with Crippen LogP contribution in [0.1, 0.15) is 24.8 Å². The van der Waals surface area contributed by atoms with Crippen LogP contribution in [0.3, 0.4) is 0 Å². The van der Waals surface area contributed by atoms with E-state index in [-0.39, 0.29) is 0 Å². The minimum Gasteiger partial charge on any atom is -0.369 e. The average Bonchev–Trinajstić information content (AvgIpc) is 2.73. The van der Waals surface area contributed by atoms with Gasteiger partial charge in [0.2, 0.25) is 0 Å². The van der Waals surface area contributed by atoms with Crippen LogP contribution < -0.4 is 11.1 Å². The Morgan fingerprint density at radius 1 is 1.28 bits per heavy atom. The lowest BCUT2D eigenvalue weighted by Crippen LogP contribution is -2.44. The third kappa shape index (κ3) is 2.59. The van der Waals surface area contributed by atoms with Crippen molar-refractivity contribution < 1.29 is 0 Å². The second-order valence-corrected chi connectivity index (χ2v) is 6.19. The number of hydrogen-bond acceptors (Lipinski definition) is 3. The van der Waals surface area contributed by atoms with Crippen molar-refractivity contribution in [1.29, 1.82) is 0 Å². The first-order valence-electron chi connectivity index (χ1n) is 6.54. The summed E-state index contributed by atoms with van der Waals surface area (Å²) in [6.07, 6.45) is 4.19. The Morgan fingerprint density at radius 2 is 2.06 bits per heavy atom. The summed E-state index contributed by atoms with van der Waals surface area (Å²) in [6.45, 7) is 0. The SMILES string of the molecule is NC1CCC2N=C(Cc3ccc(Br)cc3)NC2C1. The Kier molecular flexibility index (Phi) is 3.39. The molecule has 3 N–H and O–H groups in total. The lowest BCUT2D eigenvalue weighted by molar-refractivity contribution is 0.347. The molecule has 4 heteroatoms. The van der Waals surface area contributed by atoms with E-state index in [1.54, 1.807) is 0 Å². The Balaban J connectivity index is 1.66. The number of nitrogens with zero attached hydrogens (tertiary/aromatic N) is 1. The van der Waals surface area contributed by atoms with Gasteiger partial charge in [-0.05, 0) is 37.0 Å². The topological polar surface area (TPSA) is 50.4 Å². The molecule has 1 aromatic rings. The quantitative estimate of drug-likeness (QED) is 0.880. The van der Waals surface area contributed by atoms with E-state index in [1.807, 2.05) is 0 Å². The van der Waals surface area contributed by atoms with Crippen molar-refractivity contribution in [2.75, 3.05) is 0 Å². The molecule has 3 unspecified atom stereocenters. The molecule has 1 heterocycles. The number of nitrogens with one attached hydrogen (secondary N) is 1. The zero-order valence-corrected chi connectivity index (χ0v) is 11.9. The number of rotatable bonds is 2. The van der Waals surface area contributed by atoms with Gasteiger partial charge in [0.15, 0.2) is 0 Å². The van der Waals surface area contributed by atoms with Crippen molar-refractivity contribution in [2.45, 2.75) is 43.8 Å². The van der Waals surface area contributed by atoms with Gasteiger partial charge in [-0.2, -0.15) is 0 Å². The second-order valence-electron chi connectivity index (χ2n) is 5.27. The van der Waals surface area contributed by atoms with Crippen molar-refractivity contribution in [3.8, 4) is 0 Å². The van der Waals surface area contributed by atoms with Crippen molar-refractivity contribution in [3.05, 3.63) is 34.3 Å². The highest BCUT2D eigenvalue weighted by atomic mass is 79.9. The van der Waals surface area contributed by atoms with Gasteiger partial charge in [-0.1, -0.05) is 28.1 Å². The lowest BCUT2D eigenvalue weighted by Gasteiger charge is -2.28. The van der Waals surface area contributed by atoms with E-state index >= 15 is 0 Å². The Hall–Kier alpha value is -0.870. The minimum absolute atomic E-state index is 0.348. The van der Waals surface area contributed by atoms with E-state index in [0.29, 0.717) is 18.1 Å². The summed E-state index contributed by atoms with van der Waals surface area (Å²) in [5, 5.41) is 3.54. The summed E-state index contributed by atoms with van der Waals surface area (Å²) in [7, 11) is 0. The van der Waals surface area contributed by atoms with Crippen molar-refractivity contribution >= 4 is 21.8 Å². The van der Waals surface area contributed by atoms with Crippen LogP contribution in [0, 0.1) is 0 Å². The van der Waals surface area contributed by atoms with E-state index in [4.69, 9.17) is 10.7 Å². The van der Waals surface area contributed by atoms with Gasteiger partial charge in [-0.15, -0.1) is 0 Å². The molecule has 0 saturated heterocycles. The van der Waals surface area contributed by atoms with Crippen molar-refractivity contribution in [1.82, 2.24) is 5.32 Å². The molecule has 0 spiro atoms. The third-order valence-electron chi connectivity index (χ3n) is 3.81. The molecule has 0 bridgehead atoms. The monoisotopic (exact) mass is 307 g/mol. The van der Waals surface area contributed by atoms with E-state index in [9.17, 15) is 0 Å². The summed E-state index contributed by atoms with van der Waals surface area (Å²) in [5.74, 6) is 1.13. The molecule has 0 amide bonds. The Morgan fingerprint density at radius 3 is 2.83 bits per heavy atom. The van der Waals surface area contributed by atoms with Gasteiger partial charge >= 0.3 is 0 Å². The average molecular weight is 308 g/mol. The fourth-order valence-corrected chi connectivity index (χ4v) is 3.10. The highest BCUT2D eigenvalue weighted by Crippen LogP contribution is 2.25. The molecule has 96 valence electrons. The highest BCUT2D eigenvalue weighted by Gasteiger charge is 2.33. The number of nitrogens with two attached hydrogens (primary N) is 1. The standard InChI is InChI=1S/C14H18BrN3/c15-10-3-1-9(2-4-10)7-14-17-12-6-5-11(16)8-13(12)18-14/h1-4,11-13H,5-8,16H2,(H,17,18). The summed E-state index contributed by atoms with van der Waals surface area (Å²) in [4.78, 5) is 4.80. The van der Waals surface area contributed by atoms with Gasteiger partial charge in [-0.3, -0.25) is 4.99 Å². The van der Waals surface area contributed by atoms with Crippen LogP contribution in [0.4, 0.5) is 0 Å². The fourth-order valence-electron chi connectivity index (χ4n) is 2.84. The zero-order valence-electron chi connectivity index (χ0n) is 10.3. The number of benzene rings is 1. The first kappa shape index (κ1) is 12.2. The molecular formula is C14H18BrN3. The molecule has 1 aromatic carbocycles. The van der Waals surface area contributed by atoms with E-state index in [0.717, 1.165) is 36.0 Å². The molecule has 2 aliphatic rings. The van der Waals surface area contributed by atoms with Gasteiger partial charge in [0, 0.05) is 16.9 Å². The van der Waals surface area contributed by atoms with Crippen LogP contribution in [0.5, 0.6) is 0 Å². The minimum atomic E-state index is 0.348. The number of hydrogen-bond donors (Lipinski definition) is 2. The molecule has 0 aromatic heterocycles. The number of halogens is 1. The molecule has 3 nitrogen and oxygen atoms in total. The first-order chi connectivity index (χ1) is 8.70. The van der Waals surface area contributed by atoms with Gasteiger partial charge in [0.05, 0.1) is 12.1 Å². The van der Waals surface area contributed by atoms with Crippen LogP contribution in [0.15, 0.2) is 33.7 Å². The number of aliphatic imine (C=N–C) groups is 1. The van der Waals surface area contributed by atoms with E-state index < -0.39 is 0 Å². The maximum Gasteiger partial charge on any atom is 0.101 e. The van der Waals surface area contributed by atoms with Gasteiger partial charge in [0.25, 0.3) is 0 Å². The summed E-state index contributed by atoms with van der Waals surface area (Å²) in [6, 6.07) is 9.71. The predicted molar refractivity (Wildman–Crippen MR) is 77.8 cm³/mol. The molecule has 1 saturated carbocycles. The molecule has 3 atom stereocenters. The third-order valence-corrected chi connectivity index (χ3v) is 4.34. The molecule has 3 rings (SSSR count). The highest BCUT2D eigenvalue weighted by molar-refractivity contribution is 9.10. The van der Waals surface area contributed by atoms with Crippen molar-refractivity contribution in [2.24, 2.45) is 10.7 Å². The number of fused-ring (bicyclic) bond motifs is 1. The summed E-state index contributed by atoms with van der Waals surface area (Å²) < 4.78 is 1.12. The molecule has 18 heavy (non-hydrogen) atoms. The van der Waals surface area contributed by atoms with E-state index in [1.165, 1.54) is 5.56 Å². The first-order valence-corrected chi connectivity index (χ1v) is 7.33. The Labute approximate surface area is 116 Å². The van der Waals surface area contributed by atoms with Gasteiger partial charge in [-0.25, -0.2) is 0 Å². The lowest BCUT2D eigenvalue weighted by atomic mass is 9.88. The summed E-state index contributed by atoms with van der Waals surface area (Å²) in [5.41, 5.74) is 7.31. The van der Waals surface area contributed by atoms with Crippen LogP contribution in [0.2, 0.25) is 0 Å². The molecule has 0 radical (unpaired) electrons. The molecule has 1 aliphatic carbocycles. The van der Waals surface area contributed by atoms with Crippen LogP contribution >= 0.6 is 15.9 Å². The van der Waals surface area contributed by atoms with Gasteiger partial charge < -0.3 is 11.1 Å². The molecule has 1 aliphatic heterocycles. The van der Waals surface area contributed by atoms with Gasteiger partial charge in [0.1, 0.15) is 5.84 Å². The normalized spacial score (nSPS) is 30.6. The smallest absolute Gasteiger partial charge is 0.101 e. The second kappa shape index (κ2) is 5.02. The maximum absolute atomic E-state index is 6.01. The van der Waals surface area contributed by atoms with Crippen LogP contribution in [-0.2, 0) is 6.42 Å². The number of amidine groups is 1. The van der Waals surface area contributed by atoms with Crippen LogP contribution in [-0.4, -0.2) is 24.0 Å². The van der Waals surface area contributed by atoms with Crippen molar-refractivity contribution in [3.63, 3.8) is 0 Å². The molecule has 1 fully saturated rings. The fraction of sp³-hybridized carbons (Fsp3) is 0.500. The van der Waals surface area contributed by atoms with E-state index in [2.05, 4.69) is 45.5 Å². The largest absolute Gasteiger partial charge is 0.369 e. The maximum atomic E-state index is 6.01.